The molecule has 6 heteroatoms. The number of halogens is 1. The molecular formula is C19H21FN2O3. The van der Waals surface area contributed by atoms with E-state index in [1.54, 1.807) is 44.6 Å². The van der Waals surface area contributed by atoms with Crippen molar-refractivity contribution in [2.24, 2.45) is 0 Å². The van der Waals surface area contributed by atoms with Gasteiger partial charge in [0.15, 0.2) is 0 Å². The van der Waals surface area contributed by atoms with Crippen LogP contribution >= 0.6 is 0 Å². The Balaban J connectivity index is 1.63. The molecule has 0 spiro atoms. The number of hydrogen-bond donors (Lipinski definition) is 2. The number of hydrogen-bond acceptors (Lipinski definition) is 3. The Morgan fingerprint density at radius 1 is 1.12 bits per heavy atom. The van der Waals surface area contributed by atoms with Crippen LogP contribution in [0.15, 0.2) is 42.5 Å². The van der Waals surface area contributed by atoms with Crippen molar-refractivity contribution in [3.8, 4) is 11.5 Å². The van der Waals surface area contributed by atoms with Gasteiger partial charge in [0.1, 0.15) is 17.3 Å². The second-order valence-electron chi connectivity index (χ2n) is 6.16. The van der Waals surface area contributed by atoms with Crippen LogP contribution in [0.25, 0.3) is 0 Å². The number of anilines is 1. The SMILES string of the molecule is COc1ccc(OC)c(NC(=O)NCC2(c3ccc(F)cc3)CC2)c1. The fraction of sp³-hybridized carbons (Fsp3) is 0.316. The molecule has 1 aliphatic carbocycles. The lowest BCUT2D eigenvalue weighted by Crippen LogP contribution is -2.35. The fourth-order valence-electron chi connectivity index (χ4n) is 2.85. The molecule has 2 N–H and O–H groups in total. The van der Waals surface area contributed by atoms with Crippen molar-refractivity contribution in [1.29, 1.82) is 0 Å². The molecule has 0 unspecified atom stereocenters. The van der Waals surface area contributed by atoms with Gasteiger partial charge < -0.3 is 20.1 Å². The topological polar surface area (TPSA) is 59.6 Å². The Morgan fingerprint density at radius 2 is 1.84 bits per heavy atom. The molecule has 5 nitrogen and oxygen atoms in total. The maximum absolute atomic E-state index is 13.1. The van der Waals surface area contributed by atoms with Gasteiger partial charge in [0, 0.05) is 18.0 Å². The first kappa shape index (κ1) is 17.1. The number of rotatable bonds is 6. The lowest BCUT2D eigenvalue weighted by Gasteiger charge is -2.18. The molecule has 0 aromatic heterocycles. The summed E-state index contributed by atoms with van der Waals surface area (Å²) in [6, 6.07) is 11.4. The van der Waals surface area contributed by atoms with Crippen molar-refractivity contribution >= 4 is 11.7 Å². The first-order valence-corrected chi connectivity index (χ1v) is 8.09. The second-order valence-corrected chi connectivity index (χ2v) is 6.16. The Bertz CT molecular complexity index is 758. The van der Waals surface area contributed by atoms with E-state index in [4.69, 9.17) is 9.47 Å². The first-order chi connectivity index (χ1) is 12.1. The predicted molar refractivity (Wildman–Crippen MR) is 93.9 cm³/mol. The molecule has 132 valence electrons. The zero-order valence-corrected chi connectivity index (χ0v) is 14.3. The van der Waals surface area contributed by atoms with E-state index in [0.717, 1.165) is 18.4 Å². The summed E-state index contributed by atoms with van der Waals surface area (Å²) in [7, 11) is 3.10. The van der Waals surface area contributed by atoms with E-state index in [0.29, 0.717) is 23.7 Å². The number of carbonyl (C=O) groups is 1. The normalized spacial score (nSPS) is 14.5. The average Bonchev–Trinajstić information content (AvgIpc) is 3.41. The summed E-state index contributed by atoms with van der Waals surface area (Å²) in [6.07, 6.45) is 1.95. The Labute approximate surface area is 146 Å². The van der Waals surface area contributed by atoms with Crippen molar-refractivity contribution in [3.63, 3.8) is 0 Å². The number of nitrogens with one attached hydrogen (secondary N) is 2. The van der Waals surface area contributed by atoms with Crippen LogP contribution in [0.2, 0.25) is 0 Å². The van der Waals surface area contributed by atoms with Crippen molar-refractivity contribution in [2.75, 3.05) is 26.1 Å². The summed E-state index contributed by atoms with van der Waals surface area (Å²) >= 11 is 0. The van der Waals surface area contributed by atoms with Crippen LogP contribution in [0.5, 0.6) is 11.5 Å². The van der Waals surface area contributed by atoms with E-state index in [1.807, 2.05) is 0 Å². The van der Waals surface area contributed by atoms with Gasteiger partial charge >= 0.3 is 6.03 Å². The van der Waals surface area contributed by atoms with Crippen LogP contribution in [-0.4, -0.2) is 26.8 Å². The molecule has 0 aliphatic heterocycles. The summed E-state index contributed by atoms with van der Waals surface area (Å²) < 4.78 is 23.5. The Kier molecular flexibility index (Phi) is 4.79. The number of amides is 2. The van der Waals surface area contributed by atoms with Crippen molar-refractivity contribution in [3.05, 3.63) is 53.8 Å². The second kappa shape index (κ2) is 7.01. The van der Waals surface area contributed by atoms with Gasteiger partial charge in [-0.3, -0.25) is 0 Å². The third kappa shape index (κ3) is 3.84. The molecular weight excluding hydrogens is 323 g/mol. The summed E-state index contributed by atoms with van der Waals surface area (Å²) in [4.78, 5) is 12.3. The summed E-state index contributed by atoms with van der Waals surface area (Å²) in [6.45, 7) is 0.497. The number of carbonyl (C=O) groups excluding carboxylic acids is 1. The average molecular weight is 344 g/mol. The lowest BCUT2D eigenvalue weighted by molar-refractivity contribution is 0.251. The van der Waals surface area contributed by atoms with Gasteiger partial charge in [-0.05, 0) is 42.7 Å². The standard InChI is InChI=1S/C19H21FN2O3/c1-24-15-7-8-17(25-2)16(11-15)22-18(23)21-12-19(9-10-19)13-3-5-14(20)6-4-13/h3-8,11H,9-10,12H2,1-2H3,(H2,21,22,23). The van der Waals surface area contributed by atoms with Crippen molar-refractivity contribution in [2.45, 2.75) is 18.3 Å². The molecule has 2 amide bonds. The van der Waals surface area contributed by atoms with Crippen LogP contribution in [0, 0.1) is 5.82 Å². The molecule has 2 aromatic rings. The maximum atomic E-state index is 13.1. The highest BCUT2D eigenvalue weighted by Crippen LogP contribution is 2.47. The largest absolute Gasteiger partial charge is 0.497 e. The quantitative estimate of drug-likeness (QED) is 0.840. The molecule has 0 bridgehead atoms. The number of methoxy groups -OCH3 is 2. The highest BCUT2D eigenvalue weighted by molar-refractivity contribution is 5.91. The fourth-order valence-corrected chi connectivity index (χ4v) is 2.85. The number of benzene rings is 2. The van der Waals surface area contributed by atoms with E-state index in [9.17, 15) is 9.18 Å². The van der Waals surface area contributed by atoms with Gasteiger partial charge in [0.2, 0.25) is 0 Å². The minimum Gasteiger partial charge on any atom is -0.497 e. The van der Waals surface area contributed by atoms with E-state index in [2.05, 4.69) is 10.6 Å². The summed E-state index contributed by atoms with van der Waals surface area (Å²) in [5, 5.41) is 5.68. The molecule has 1 saturated carbocycles. The van der Waals surface area contributed by atoms with Crippen LogP contribution < -0.4 is 20.1 Å². The van der Waals surface area contributed by atoms with Gasteiger partial charge in [0.25, 0.3) is 0 Å². The monoisotopic (exact) mass is 344 g/mol. The maximum Gasteiger partial charge on any atom is 0.319 e. The van der Waals surface area contributed by atoms with Crippen LogP contribution in [0.3, 0.4) is 0 Å². The summed E-state index contributed by atoms with van der Waals surface area (Å²) in [5.41, 5.74) is 1.49. The van der Waals surface area contributed by atoms with Crippen molar-refractivity contribution < 1.29 is 18.7 Å². The van der Waals surface area contributed by atoms with E-state index in [1.165, 1.54) is 12.1 Å². The zero-order valence-electron chi connectivity index (χ0n) is 14.3. The van der Waals surface area contributed by atoms with Crippen LogP contribution in [0.4, 0.5) is 14.9 Å². The lowest BCUT2D eigenvalue weighted by atomic mass is 9.96. The molecule has 0 atom stereocenters. The van der Waals surface area contributed by atoms with Crippen molar-refractivity contribution in [1.82, 2.24) is 5.32 Å². The Hall–Kier alpha value is -2.76. The van der Waals surface area contributed by atoms with Gasteiger partial charge in [0.05, 0.1) is 19.9 Å². The highest BCUT2D eigenvalue weighted by atomic mass is 19.1. The molecule has 0 saturated heterocycles. The molecule has 0 radical (unpaired) electrons. The predicted octanol–water partition coefficient (Wildman–Crippen LogP) is 3.70. The van der Waals surface area contributed by atoms with Crippen LogP contribution in [0.1, 0.15) is 18.4 Å². The molecule has 25 heavy (non-hydrogen) atoms. The molecule has 0 heterocycles. The third-order valence-electron chi connectivity index (χ3n) is 4.55. The van der Waals surface area contributed by atoms with Gasteiger partial charge in [-0.25, -0.2) is 9.18 Å². The minimum absolute atomic E-state index is 0.0937. The Morgan fingerprint density at radius 3 is 2.44 bits per heavy atom. The van der Waals surface area contributed by atoms with Gasteiger partial charge in [-0.1, -0.05) is 12.1 Å². The van der Waals surface area contributed by atoms with Gasteiger partial charge in [-0.2, -0.15) is 0 Å². The molecule has 1 fully saturated rings. The number of ether oxygens (including phenoxy) is 2. The molecule has 2 aromatic carbocycles. The first-order valence-electron chi connectivity index (χ1n) is 8.09. The van der Waals surface area contributed by atoms with E-state index >= 15 is 0 Å². The zero-order chi connectivity index (χ0) is 17.9. The summed E-state index contributed by atoms with van der Waals surface area (Å²) in [5.74, 6) is 0.923. The van der Waals surface area contributed by atoms with E-state index < -0.39 is 0 Å². The third-order valence-corrected chi connectivity index (χ3v) is 4.55. The molecule has 1 aliphatic rings. The van der Waals surface area contributed by atoms with Gasteiger partial charge in [-0.15, -0.1) is 0 Å². The minimum atomic E-state index is -0.320. The smallest absolute Gasteiger partial charge is 0.319 e. The van der Waals surface area contributed by atoms with Crippen LogP contribution in [-0.2, 0) is 5.41 Å². The molecule has 3 rings (SSSR count). The van der Waals surface area contributed by atoms with E-state index in [-0.39, 0.29) is 17.3 Å². The number of urea groups is 1. The highest BCUT2D eigenvalue weighted by Gasteiger charge is 2.44.